The number of hydrogen-bond acceptors (Lipinski definition) is 4. The molecule has 1 aromatic heterocycles. The lowest BCUT2D eigenvalue weighted by atomic mass is 10.1. The largest absolute Gasteiger partial charge is 0.497 e. The van der Waals surface area contributed by atoms with Crippen LogP contribution in [0.15, 0.2) is 27.7 Å². The van der Waals surface area contributed by atoms with Crippen LogP contribution < -0.4 is 15.4 Å². The molecule has 1 aromatic carbocycles. The molecule has 0 bridgehead atoms. The van der Waals surface area contributed by atoms with Crippen LogP contribution in [-0.2, 0) is 25.9 Å². The first-order chi connectivity index (χ1) is 12.1. The number of ether oxygens (including phenoxy) is 1. The first-order valence-corrected chi connectivity index (χ1v) is 8.66. The second-order valence-corrected chi connectivity index (χ2v) is 5.88. The number of aromatic nitrogens is 1. The molecule has 1 heterocycles. The first-order valence-electron chi connectivity index (χ1n) is 8.66. The molecule has 0 saturated carbocycles. The predicted octanol–water partition coefficient (Wildman–Crippen LogP) is 2.98. The van der Waals surface area contributed by atoms with E-state index < -0.39 is 0 Å². The van der Waals surface area contributed by atoms with E-state index in [1.165, 1.54) is 5.56 Å². The number of nitrogens with zero attached hydrogens (tertiary/aromatic N) is 2. The Bertz CT molecular complexity index is 701. The molecule has 0 aliphatic heterocycles. The lowest BCUT2D eigenvalue weighted by Gasteiger charge is -2.13. The van der Waals surface area contributed by atoms with E-state index in [0.29, 0.717) is 13.1 Å². The molecular formula is C19H28N4O2. The summed E-state index contributed by atoms with van der Waals surface area (Å²) in [4.78, 5) is 4.29. The quantitative estimate of drug-likeness (QED) is 0.597. The van der Waals surface area contributed by atoms with Gasteiger partial charge in [-0.1, -0.05) is 25.1 Å². The molecule has 0 amide bonds. The highest BCUT2D eigenvalue weighted by atomic mass is 16.5. The van der Waals surface area contributed by atoms with E-state index in [9.17, 15) is 0 Å². The molecule has 0 spiro atoms. The topological polar surface area (TPSA) is 71.7 Å². The zero-order valence-electron chi connectivity index (χ0n) is 15.8. The minimum Gasteiger partial charge on any atom is -0.497 e. The molecule has 0 aliphatic rings. The number of methoxy groups -OCH3 is 1. The zero-order valence-corrected chi connectivity index (χ0v) is 15.8. The van der Waals surface area contributed by atoms with Crippen LogP contribution in [0.1, 0.15) is 42.0 Å². The van der Waals surface area contributed by atoms with Gasteiger partial charge in [-0.25, -0.2) is 0 Å². The zero-order chi connectivity index (χ0) is 18.2. The van der Waals surface area contributed by atoms with Crippen molar-refractivity contribution in [3.8, 4) is 5.75 Å². The fourth-order valence-electron chi connectivity index (χ4n) is 2.76. The summed E-state index contributed by atoms with van der Waals surface area (Å²) in [6.07, 6.45) is 1.69. The van der Waals surface area contributed by atoms with E-state index in [-0.39, 0.29) is 0 Å². The van der Waals surface area contributed by atoms with Crippen LogP contribution in [0.5, 0.6) is 5.75 Å². The molecule has 25 heavy (non-hydrogen) atoms. The van der Waals surface area contributed by atoms with Gasteiger partial charge in [-0.3, -0.25) is 4.99 Å². The van der Waals surface area contributed by atoms with Gasteiger partial charge in [-0.05, 0) is 36.6 Å². The highest BCUT2D eigenvalue weighted by molar-refractivity contribution is 5.79. The Morgan fingerprint density at radius 3 is 2.56 bits per heavy atom. The van der Waals surface area contributed by atoms with Crippen molar-refractivity contribution in [1.82, 2.24) is 15.8 Å². The summed E-state index contributed by atoms with van der Waals surface area (Å²) in [7, 11) is 3.45. The minimum absolute atomic E-state index is 0.645. The highest BCUT2D eigenvalue weighted by Gasteiger charge is 2.13. The molecular weight excluding hydrogens is 316 g/mol. The molecule has 0 aliphatic carbocycles. The van der Waals surface area contributed by atoms with Crippen LogP contribution in [0, 0.1) is 6.92 Å². The van der Waals surface area contributed by atoms with Crippen molar-refractivity contribution in [2.75, 3.05) is 14.2 Å². The maximum atomic E-state index is 5.41. The van der Waals surface area contributed by atoms with Gasteiger partial charge in [0.2, 0.25) is 0 Å². The van der Waals surface area contributed by atoms with E-state index in [0.717, 1.165) is 47.1 Å². The number of aliphatic imine (C=N–C) groups is 1. The Morgan fingerprint density at radius 2 is 1.92 bits per heavy atom. The summed E-state index contributed by atoms with van der Waals surface area (Å²) >= 11 is 0. The van der Waals surface area contributed by atoms with Crippen molar-refractivity contribution in [3.63, 3.8) is 0 Å². The van der Waals surface area contributed by atoms with Crippen LogP contribution in [0.25, 0.3) is 0 Å². The van der Waals surface area contributed by atoms with Crippen LogP contribution in [0.2, 0.25) is 0 Å². The van der Waals surface area contributed by atoms with Gasteiger partial charge in [-0.2, -0.15) is 0 Å². The third-order valence-electron chi connectivity index (χ3n) is 4.07. The Hall–Kier alpha value is -2.50. The number of aryl methyl sites for hydroxylation is 3. The Kier molecular flexibility index (Phi) is 6.86. The lowest BCUT2D eigenvalue weighted by Crippen LogP contribution is -2.36. The van der Waals surface area contributed by atoms with Gasteiger partial charge < -0.3 is 19.9 Å². The molecule has 0 fully saturated rings. The fraction of sp³-hybridized carbons (Fsp3) is 0.474. The molecule has 136 valence electrons. The average molecular weight is 344 g/mol. The SMILES string of the molecule is CCc1noc(CC)c1CNC(=NC)NCc1cc(C)cc(OC)c1. The van der Waals surface area contributed by atoms with Gasteiger partial charge in [0.25, 0.3) is 0 Å². The van der Waals surface area contributed by atoms with Crippen molar-refractivity contribution in [1.29, 1.82) is 0 Å². The van der Waals surface area contributed by atoms with Crippen LogP contribution in [0.4, 0.5) is 0 Å². The van der Waals surface area contributed by atoms with Crippen LogP contribution >= 0.6 is 0 Å². The smallest absolute Gasteiger partial charge is 0.191 e. The first kappa shape index (κ1) is 18.8. The molecule has 6 heteroatoms. The van der Waals surface area contributed by atoms with Crippen LogP contribution in [-0.4, -0.2) is 25.3 Å². The van der Waals surface area contributed by atoms with E-state index in [1.807, 2.05) is 12.1 Å². The number of hydrogen-bond donors (Lipinski definition) is 2. The standard InChI is InChI=1S/C19H28N4O2/c1-6-17-16(18(7-2)25-23-17)12-22-19(20-4)21-11-14-8-13(3)9-15(10-14)24-5/h8-10H,6-7,11-12H2,1-5H3,(H2,20,21,22). The molecule has 0 unspecified atom stereocenters. The van der Waals surface area contributed by atoms with Gasteiger partial charge in [0.05, 0.1) is 12.8 Å². The van der Waals surface area contributed by atoms with Gasteiger partial charge >= 0.3 is 0 Å². The Labute approximate surface area is 149 Å². The summed E-state index contributed by atoms with van der Waals surface area (Å²) in [6, 6.07) is 6.17. The highest BCUT2D eigenvalue weighted by Crippen LogP contribution is 2.17. The number of rotatable bonds is 7. The fourth-order valence-corrected chi connectivity index (χ4v) is 2.76. The summed E-state index contributed by atoms with van der Waals surface area (Å²) in [5, 5.41) is 10.8. The van der Waals surface area contributed by atoms with Gasteiger partial charge in [0.1, 0.15) is 11.5 Å². The summed E-state index contributed by atoms with van der Waals surface area (Å²) in [5.74, 6) is 2.54. The maximum Gasteiger partial charge on any atom is 0.191 e. The Morgan fingerprint density at radius 1 is 1.16 bits per heavy atom. The average Bonchev–Trinajstić information content (AvgIpc) is 3.03. The van der Waals surface area contributed by atoms with Crippen molar-refractivity contribution in [3.05, 3.63) is 46.3 Å². The molecule has 6 nitrogen and oxygen atoms in total. The van der Waals surface area contributed by atoms with Crippen molar-refractivity contribution < 1.29 is 9.26 Å². The van der Waals surface area contributed by atoms with E-state index in [4.69, 9.17) is 9.26 Å². The monoisotopic (exact) mass is 344 g/mol. The number of guanidine groups is 1. The molecule has 2 aromatic rings. The van der Waals surface area contributed by atoms with Gasteiger partial charge in [0.15, 0.2) is 5.96 Å². The molecule has 0 saturated heterocycles. The maximum absolute atomic E-state index is 5.41. The van der Waals surface area contributed by atoms with Crippen molar-refractivity contribution >= 4 is 5.96 Å². The van der Waals surface area contributed by atoms with Gasteiger partial charge in [0, 0.05) is 32.1 Å². The van der Waals surface area contributed by atoms with Gasteiger partial charge in [-0.15, -0.1) is 0 Å². The third kappa shape index (κ3) is 4.98. The second-order valence-electron chi connectivity index (χ2n) is 5.88. The normalized spacial score (nSPS) is 11.5. The number of benzene rings is 1. The summed E-state index contributed by atoms with van der Waals surface area (Å²) < 4.78 is 10.7. The molecule has 0 radical (unpaired) electrons. The third-order valence-corrected chi connectivity index (χ3v) is 4.07. The second kappa shape index (κ2) is 9.11. The molecule has 0 atom stereocenters. The predicted molar refractivity (Wildman–Crippen MR) is 100 cm³/mol. The minimum atomic E-state index is 0.645. The van der Waals surface area contributed by atoms with Crippen LogP contribution in [0.3, 0.4) is 0 Å². The van der Waals surface area contributed by atoms with E-state index >= 15 is 0 Å². The van der Waals surface area contributed by atoms with E-state index in [1.54, 1.807) is 14.2 Å². The van der Waals surface area contributed by atoms with Crippen molar-refractivity contribution in [2.24, 2.45) is 4.99 Å². The summed E-state index contributed by atoms with van der Waals surface area (Å²) in [6.45, 7) is 7.53. The molecule has 2 rings (SSSR count). The van der Waals surface area contributed by atoms with Crippen molar-refractivity contribution in [2.45, 2.75) is 46.7 Å². The Balaban J connectivity index is 1.98. The summed E-state index contributed by atoms with van der Waals surface area (Å²) in [5.41, 5.74) is 4.45. The molecule has 2 N–H and O–H groups in total. The van der Waals surface area contributed by atoms with E-state index in [2.05, 4.69) is 47.6 Å². The lowest BCUT2D eigenvalue weighted by molar-refractivity contribution is 0.380. The number of nitrogens with one attached hydrogen (secondary N) is 2.